The van der Waals surface area contributed by atoms with Gasteiger partial charge >= 0.3 is 0 Å². The number of piperazine rings is 1. The van der Waals surface area contributed by atoms with Crippen molar-refractivity contribution in [2.45, 2.75) is 17.9 Å². The average Bonchev–Trinajstić information content (AvgIpc) is 3.46. The summed E-state index contributed by atoms with van der Waals surface area (Å²) in [6.45, 7) is 5.47. The first kappa shape index (κ1) is 21.0. The highest BCUT2D eigenvalue weighted by atomic mass is 32.2. The summed E-state index contributed by atoms with van der Waals surface area (Å²) in [5, 5.41) is 1.46. The Balaban J connectivity index is 1.07. The van der Waals surface area contributed by atoms with Crippen molar-refractivity contribution in [3.8, 4) is 0 Å². The number of hydrogen-bond donors (Lipinski definition) is 2. The van der Waals surface area contributed by atoms with Crippen molar-refractivity contribution in [3.05, 3.63) is 61.1 Å². The molecule has 0 saturated carbocycles. The lowest BCUT2D eigenvalue weighted by Crippen LogP contribution is -2.46. The lowest BCUT2D eigenvalue weighted by molar-refractivity contribution is 0.253. The topological polar surface area (TPSA) is 85.7 Å². The molecule has 5 rings (SSSR count). The van der Waals surface area contributed by atoms with E-state index in [1.807, 2.05) is 12.3 Å². The van der Waals surface area contributed by atoms with Crippen LogP contribution in [0.5, 0.6) is 0 Å². The minimum Gasteiger partial charge on any atom is -0.368 e. The second-order valence-electron chi connectivity index (χ2n) is 8.17. The molecular formula is C23H28N6O2S. The maximum absolute atomic E-state index is 12.6. The van der Waals surface area contributed by atoms with Gasteiger partial charge in [0.15, 0.2) is 5.03 Å². The van der Waals surface area contributed by atoms with Crippen molar-refractivity contribution >= 4 is 32.3 Å². The van der Waals surface area contributed by atoms with Crippen LogP contribution in [0.4, 0.5) is 5.69 Å². The van der Waals surface area contributed by atoms with Gasteiger partial charge in [-0.3, -0.25) is 9.30 Å². The summed E-state index contributed by atoms with van der Waals surface area (Å²) >= 11 is 0. The molecule has 168 valence electrons. The van der Waals surface area contributed by atoms with Gasteiger partial charge in [0.2, 0.25) is 0 Å². The van der Waals surface area contributed by atoms with E-state index in [0.717, 1.165) is 45.6 Å². The molecule has 0 atom stereocenters. The quantitative estimate of drug-likeness (QED) is 0.402. The molecule has 32 heavy (non-hydrogen) atoms. The van der Waals surface area contributed by atoms with E-state index in [1.54, 1.807) is 22.7 Å². The van der Waals surface area contributed by atoms with E-state index in [2.05, 4.69) is 48.8 Å². The number of nitrogens with zero attached hydrogens (tertiary/aromatic N) is 4. The van der Waals surface area contributed by atoms with Crippen LogP contribution in [0.15, 0.2) is 66.1 Å². The first-order chi connectivity index (χ1) is 15.6. The van der Waals surface area contributed by atoms with Gasteiger partial charge in [0.25, 0.3) is 10.0 Å². The lowest BCUT2D eigenvalue weighted by atomic mass is 10.1. The van der Waals surface area contributed by atoms with Gasteiger partial charge in [-0.2, -0.15) is 0 Å². The summed E-state index contributed by atoms with van der Waals surface area (Å²) in [7, 11) is -3.57. The second kappa shape index (κ2) is 8.93. The largest absolute Gasteiger partial charge is 0.368 e. The third-order valence-corrected chi connectivity index (χ3v) is 7.57. The molecule has 1 aliphatic rings. The van der Waals surface area contributed by atoms with Gasteiger partial charge in [0, 0.05) is 61.7 Å². The van der Waals surface area contributed by atoms with Crippen LogP contribution in [0, 0.1) is 0 Å². The number of imidazole rings is 1. The number of rotatable bonds is 8. The molecule has 0 radical (unpaired) electrons. The number of benzene rings is 1. The third kappa shape index (κ3) is 4.23. The summed E-state index contributed by atoms with van der Waals surface area (Å²) < 4.78 is 29.6. The van der Waals surface area contributed by atoms with Crippen LogP contribution in [0.3, 0.4) is 0 Å². The van der Waals surface area contributed by atoms with E-state index >= 15 is 0 Å². The molecule has 1 fully saturated rings. The number of hydrogen-bond acceptors (Lipinski definition) is 5. The summed E-state index contributed by atoms with van der Waals surface area (Å²) in [4.78, 5) is 12.4. The molecule has 1 saturated heterocycles. The lowest BCUT2D eigenvalue weighted by Gasteiger charge is -2.36. The summed E-state index contributed by atoms with van der Waals surface area (Å²) in [6.07, 6.45) is 6.88. The third-order valence-electron chi connectivity index (χ3n) is 6.14. The Morgan fingerprint density at radius 2 is 1.88 bits per heavy atom. The maximum Gasteiger partial charge on any atom is 0.258 e. The highest BCUT2D eigenvalue weighted by Gasteiger charge is 2.20. The number of fused-ring (bicyclic) bond motifs is 2. The van der Waals surface area contributed by atoms with Gasteiger partial charge in [-0.1, -0.05) is 12.1 Å². The van der Waals surface area contributed by atoms with Gasteiger partial charge < -0.3 is 9.88 Å². The van der Waals surface area contributed by atoms with Crippen molar-refractivity contribution < 1.29 is 8.42 Å². The zero-order valence-electron chi connectivity index (χ0n) is 17.9. The van der Waals surface area contributed by atoms with Crippen LogP contribution in [0.2, 0.25) is 0 Å². The normalized spacial score (nSPS) is 15.7. The minimum atomic E-state index is -3.57. The molecule has 4 aromatic rings. The summed E-state index contributed by atoms with van der Waals surface area (Å²) in [5.74, 6) is 0. The number of unbranched alkanes of at least 4 members (excludes halogenated alkanes) is 1. The fourth-order valence-electron chi connectivity index (χ4n) is 4.41. The molecule has 3 aromatic heterocycles. The number of pyridine rings is 1. The summed E-state index contributed by atoms with van der Waals surface area (Å²) in [6, 6.07) is 14.0. The van der Waals surface area contributed by atoms with E-state index in [1.165, 1.54) is 22.8 Å². The fourth-order valence-corrected chi connectivity index (χ4v) is 5.57. The zero-order valence-corrected chi connectivity index (χ0v) is 18.8. The van der Waals surface area contributed by atoms with Crippen LogP contribution in [-0.2, 0) is 10.0 Å². The number of sulfonamides is 1. The maximum atomic E-state index is 12.6. The molecule has 0 unspecified atom stereocenters. The Morgan fingerprint density at radius 1 is 1.00 bits per heavy atom. The van der Waals surface area contributed by atoms with Crippen molar-refractivity contribution in [1.29, 1.82) is 0 Å². The summed E-state index contributed by atoms with van der Waals surface area (Å²) in [5.41, 5.74) is 3.10. The minimum absolute atomic E-state index is 0.182. The van der Waals surface area contributed by atoms with Crippen molar-refractivity contribution in [3.63, 3.8) is 0 Å². The number of aromatic amines is 1. The van der Waals surface area contributed by atoms with Crippen LogP contribution in [0.1, 0.15) is 12.8 Å². The van der Waals surface area contributed by atoms with Crippen molar-refractivity contribution in [1.82, 2.24) is 24.0 Å². The van der Waals surface area contributed by atoms with Crippen LogP contribution in [-0.4, -0.2) is 67.0 Å². The molecule has 0 spiro atoms. The Morgan fingerprint density at radius 3 is 2.75 bits per heavy atom. The van der Waals surface area contributed by atoms with Gasteiger partial charge in [-0.25, -0.2) is 18.1 Å². The molecule has 2 N–H and O–H groups in total. The van der Waals surface area contributed by atoms with Crippen LogP contribution >= 0.6 is 0 Å². The Hall–Kier alpha value is -2.88. The van der Waals surface area contributed by atoms with Gasteiger partial charge in [-0.15, -0.1) is 0 Å². The highest BCUT2D eigenvalue weighted by molar-refractivity contribution is 7.89. The molecule has 8 nitrogen and oxygen atoms in total. The predicted octanol–water partition coefficient (Wildman–Crippen LogP) is 2.70. The first-order valence-corrected chi connectivity index (χ1v) is 12.6. The number of aromatic nitrogens is 3. The molecule has 0 bridgehead atoms. The molecule has 1 aliphatic heterocycles. The van der Waals surface area contributed by atoms with Crippen LogP contribution in [0.25, 0.3) is 16.6 Å². The van der Waals surface area contributed by atoms with Gasteiger partial charge in [0.1, 0.15) is 5.65 Å². The predicted molar refractivity (Wildman–Crippen MR) is 127 cm³/mol. The molecule has 0 aliphatic carbocycles. The SMILES string of the molecule is O=S(=O)(NCCCCN1CCN(c2cccc3[nH]ccc23)CC1)c1cnc2ccccn12. The molecule has 4 heterocycles. The Bertz CT molecular complexity index is 1300. The highest BCUT2D eigenvalue weighted by Crippen LogP contribution is 2.27. The number of H-pyrrole nitrogens is 1. The second-order valence-corrected chi connectivity index (χ2v) is 9.89. The van der Waals surface area contributed by atoms with E-state index in [9.17, 15) is 8.42 Å². The van der Waals surface area contributed by atoms with Crippen LogP contribution < -0.4 is 9.62 Å². The van der Waals surface area contributed by atoms with Crippen molar-refractivity contribution in [2.75, 3.05) is 44.2 Å². The zero-order chi connectivity index (χ0) is 22.0. The fraction of sp³-hybridized carbons (Fsp3) is 0.348. The molecule has 1 aromatic carbocycles. The van der Waals surface area contributed by atoms with E-state index in [0.29, 0.717) is 12.2 Å². The average molecular weight is 453 g/mol. The molecule has 9 heteroatoms. The van der Waals surface area contributed by atoms with E-state index in [4.69, 9.17) is 0 Å². The van der Waals surface area contributed by atoms with E-state index in [-0.39, 0.29) is 5.03 Å². The van der Waals surface area contributed by atoms with E-state index < -0.39 is 10.0 Å². The standard InChI is InChI=1S/C23H28N6O2S/c30-32(31,23-18-25-22-8-1-3-13-29(22)23)26-10-2-4-12-27-14-16-28(17-15-27)21-7-5-6-20-19(21)9-11-24-20/h1,3,5-9,11,13,18,24,26H,2,4,10,12,14-17H2. The molecule has 0 amide bonds. The first-order valence-electron chi connectivity index (χ1n) is 11.1. The van der Waals surface area contributed by atoms with Crippen molar-refractivity contribution in [2.24, 2.45) is 0 Å². The monoisotopic (exact) mass is 452 g/mol. The van der Waals surface area contributed by atoms with Gasteiger partial charge in [0.05, 0.1) is 6.20 Å². The molecular weight excluding hydrogens is 424 g/mol. The Kier molecular flexibility index (Phi) is 5.86. The Labute approximate surface area is 187 Å². The number of nitrogens with one attached hydrogen (secondary N) is 2. The van der Waals surface area contributed by atoms with Gasteiger partial charge in [-0.05, 0) is 49.7 Å². The number of anilines is 1. The smallest absolute Gasteiger partial charge is 0.258 e.